The van der Waals surface area contributed by atoms with Crippen LogP contribution in [0.5, 0.6) is 0 Å². The largest absolute Gasteiger partial charge is 0.482 e. The van der Waals surface area contributed by atoms with Crippen LogP contribution in [-0.2, 0) is 17.6 Å². The molecule has 0 N–H and O–H groups in total. The van der Waals surface area contributed by atoms with Crippen LogP contribution in [-0.4, -0.2) is 27.2 Å². The van der Waals surface area contributed by atoms with Gasteiger partial charge in [-0.05, 0) is 62.7 Å². The summed E-state index contributed by atoms with van der Waals surface area (Å²) >= 11 is 1.42. The Morgan fingerprint density at radius 1 is 1.36 bits per heavy atom. The summed E-state index contributed by atoms with van der Waals surface area (Å²) in [6.07, 6.45) is 10.3. The second kappa shape index (κ2) is 9.11. The molecule has 0 spiro atoms. The molecule has 5 rings (SSSR count). The standard InChI is InChI=1S/C26H26FN3O2S/c1-3-22-24(12-17-5-6-17)30(26-28-20(14-31)15-33-26)29-25(22)19-8-11-23(27)18(13-19)7-10-21-9-4-16(2)32-21/h4,13-15,17,21H,3,5-6,8-9,11-12H2,1-2H3. The number of halogens is 1. The van der Waals surface area contributed by atoms with Crippen LogP contribution >= 0.6 is 11.3 Å². The van der Waals surface area contributed by atoms with Crippen molar-refractivity contribution < 1.29 is 13.9 Å². The van der Waals surface area contributed by atoms with Gasteiger partial charge >= 0.3 is 0 Å². The zero-order chi connectivity index (χ0) is 22.9. The SMILES string of the molecule is CCc1c(C2=CC(C#CC3CC=C(C)O3)=C(F)CC2)nn(-c2nc(C=O)cs2)c1CC1CC1. The minimum absolute atomic E-state index is 0.180. The quantitative estimate of drug-likeness (QED) is 0.404. The molecule has 5 nitrogen and oxygen atoms in total. The zero-order valence-corrected chi connectivity index (χ0v) is 19.7. The summed E-state index contributed by atoms with van der Waals surface area (Å²) in [6, 6.07) is 0. The molecule has 2 aliphatic carbocycles. The van der Waals surface area contributed by atoms with E-state index >= 15 is 0 Å². The Balaban J connectivity index is 1.52. The van der Waals surface area contributed by atoms with E-state index < -0.39 is 0 Å². The van der Waals surface area contributed by atoms with E-state index in [1.807, 2.05) is 23.8 Å². The maximum atomic E-state index is 14.7. The molecule has 0 aromatic carbocycles. The number of hydrogen-bond donors (Lipinski definition) is 0. The lowest BCUT2D eigenvalue weighted by atomic mass is 9.92. The third kappa shape index (κ3) is 4.58. The first kappa shape index (κ1) is 21.8. The minimum atomic E-state index is -0.212. The number of carbonyl (C=O) groups is 1. The van der Waals surface area contributed by atoms with Gasteiger partial charge in [-0.1, -0.05) is 18.8 Å². The van der Waals surface area contributed by atoms with Gasteiger partial charge < -0.3 is 4.74 Å². The summed E-state index contributed by atoms with van der Waals surface area (Å²) in [5.74, 6) is 7.44. The van der Waals surface area contributed by atoms with Gasteiger partial charge in [0.25, 0.3) is 0 Å². The summed E-state index contributed by atoms with van der Waals surface area (Å²) in [5, 5.41) is 7.42. The van der Waals surface area contributed by atoms with E-state index in [1.165, 1.54) is 29.7 Å². The van der Waals surface area contributed by atoms with Crippen molar-refractivity contribution in [3.8, 4) is 17.0 Å². The van der Waals surface area contributed by atoms with Gasteiger partial charge in [-0.2, -0.15) is 5.10 Å². The number of hydrogen-bond acceptors (Lipinski definition) is 5. The van der Waals surface area contributed by atoms with Crippen molar-refractivity contribution in [3.05, 3.63) is 57.3 Å². The second-order valence-corrected chi connectivity index (χ2v) is 9.61. The van der Waals surface area contributed by atoms with Crippen molar-refractivity contribution in [3.63, 3.8) is 0 Å². The monoisotopic (exact) mass is 463 g/mol. The predicted molar refractivity (Wildman–Crippen MR) is 127 cm³/mol. The third-order valence-electron chi connectivity index (χ3n) is 6.28. The van der Waals surface area contributed by atoms with E-state index in [1.54, 1.807) is 5.38 Å². The van der Waals surface area contributed by atoms with Gasteiger partial charge in [-0.3, -0.25) is 4.79 Å². The number of nitrogens with zero attached hydrogens (tertiary/aromatic N) is 3. The molecule has 170 valence electrons. The van der Waals surface area contributed by atoms with E-state index in [0.717, 1.165) is 48.3 Å². The van der Waals surface area contributed by atoms with E-state index in [-0.39, 0.29) is 11.9 Å². The molecule has 0 saturated heterocycles. The summed E-state index contributed by atoms with van der Waals surface area (Å²) < 4.78 is 22.2. The number of ether oxygens (including phenoxy) is 1. The van der Waals surface area contributed by atoms with Crippen LogP contribution in [0.2, 0.25) is 0 Å². The molecule has 0 radical (unpaired) electrons. The molecule has 33 heavy (non-hydrogen) atoms. The lowest BCUT2D eigenvalue weighted by Crippen LogP contribution is -2.04. The average Bonchev–Trinajstić information content (AvgIpc) is 3.19. The average molecular weight is 464 g/mol. The molecule has 7 heteroatoms. The molecule has 0 bridgehead atoms. The lowest BCUT2D eigenvalue weighted by molar-refractivity contribution is 0.111. The number of aldehydes is 1. The Morgan fingerprint density at radius 2 is 2.21 bits per heavy atom. The normalized spacial score (nSPS) is 20.2. The van der Waals surface area contributed by atoms with Gasteiger partial charge in [0, 0.05) is 23.8 Å². The Kier molecular flexibility index (Phi) is 6.03. The van der Waals surface area contributed by atoms with Crippen molar-refractivity contribution in [2.45, 2.75) is 64.9 Å². The van der Waals surface area contributed by atoms with Gasteiger partial charge in [-0.15, -0.1) is 11.3 Å². The van der Waals surface area contributed by atoms with Crippen LogP contribution < -0.4 is 0 Å². The van der Waals surface area contributed by atoms with Crippen LogP contribution in [0.1, 0.15) is 73.4 Å². The first-order valence-electron chi connectivity index (χ1n) is 11.5. The number of rotatable bonds is 6. The van der Waals surface area contributed by atoms with Crippen LogP contribution in [0.4, 0.5) is 4.39 Å². The highest BCUT2D eigenvalue weighted by atomic mass is 32.1. The molecule has 3 heterocycles. The number of thiazole rings is 1. The molecule has 2 aromatic rings. The maximum absolute atomic E-state index is 14.7. The van der Waals surface area contributed by atoms with Gasteiger partial charge in [0.1, 0.15) is 11.5 Å². The molecular weight excluding hydrogens is 437 g/mol. The van der Waals surface area contributed by atoms with Crippen LogP contribution in [0.15, 0.2) is 34.7 Å². The molecule has 1 fully saturated rings. The van der Waals surface area contributed by atoms with Crippen LogP contribution in [0.3, 0.4) is 0 Å². The first-order chi connectivity index (χ1) is 16.1. The smallest absolute Gasteiger partial charge is 0.211 e. The molecule has 3 aliphatic rings. The molecule has 1 aliphatic heterocycles. The molecule has 0 amide bonds. The second-order valence-electron chi connectivity index (χ2n) is 8.77. The van der Waals surface area contributed by atoms with Crippen LogP contribution in [0, 0.1) is 17.8 Å². The molecule has 1 atom stereocenters. The highest BCUT2D eigenvalue weighted by molar-refractivity contribution is 7.12. The van der Waals surface area contributed by atoms with Crippen molar-refractivity contribution in [1.29, 1.82) is 0 Å². The van der Waals surface area contributed by atoms with E-state index in [4.69, 9.17) is 9.84 Å². The summed E-state index contributed by atoms with van der Waals surface area (Å²) in [4.78, 5) is 15.6. The Bertz CT molecular complexity index is 1250. The van der Waals surface area contributed by atoms with Crippen molar-refractivity contribution in [2.24, 2.45) is 5.92 Å². The highest BCUT2D eigenvalue weighted by Gasteiger charge is 2.29. The van der Waals surface area contributed by atoms with Gasteiger partial charge in [-0.25, -0.2) is 14.1 Å². The number of aromatic nitrogens is 3. The van der Waals surface area contributed by atoms with Gasteiger partial charge in [0.05, 0.1) is 22.7 Å². The van der Waals surface area contributed by atoms with E-state index in [9.17, 15) is 9.18 Å². The topological polar surface area (TPSA) is 57.0 Å². The molecule has 1 saturated carbocycles. The maximum Gasteiger partial charge on any atom is 0.211 e. The number of allylic oxidation sites excluding steroid dienone is 5. The Morgan fingerprint density at radius 3 is 2.88 bits per heavy atom. The van der Waals surface area contributed by atoms with Crippen molar-refractivity contribution in [1.82, 2.24) is 14.8 Å². The van der Waals surface area contributed by atoms with Crippen molar-refractivity contribution >= 4 is 23.2 Å². The van der Waals surface area contributed by atoms with Crippen molar-refractivity contribution in [2.75, 3.05) is 0 Å². The fourth-order valence-corrected chi connectivity index (χ4v) is 5.08. The Labute approximate surface area is 197 Å². The highest BCUT2D eigenvalue weighted by Crippen LogP contribution is 2.38. The third-order valence-corrected chi connectivity index (χ3v) is 7.11. The summed E-state index contributed by atoms with van der Waals surface area (Å²) in [5.41, 5.74) is 5.08. The summed E-state index contributed by atoms with van der Waals surface area (Å²) in [7, 11) is 0. The molecule has 1 unspecified atom stereocenters. The fourth-order valence-electron chi connectivity index (χ4n) is 4.34. The zero-order valence-electron chi connectivity index (χ0n) is 18.9. The van der Waals surface area contributed by atoms with E-state index in [0.29, 0.717) is 35.2 Å². The Hall–Kier alpha value is -2.98. The number of carbonyl (C=O) groups excluding carboxylic acids is 1. The van der Waals surface area contributed by atoms with Gasteiger partial charge in [0.15, 0.2) is 12.4 Å². The van der Waals surface area contributed by atoms with E-state index in [2.05, 4.69) is 23.7 Å². The van der Waals surface area contributed by atoms with Gasteiger partial charge in [0.2, 0.25) is 5.13 Å². The molecular formula is C26H26FN3O2S. The first-order valence-corrected chi connectivity index (χ1v) is 12.4. The molecule has 2 aromatic heterocycles. The minimum Gasteiger partial charge on any atom is -0.482 e. The lowest BCUT2D eigenvalue weighted by Gasteiger charge is -2.13. The summed E-state index contributed by atoms with van der Waals surface area (Å²) in [6.45, 7) is 4.04. The predicted octanol–water partition coefficient (Wildman–Crippen LogP) is 5.75. The fraction of sp³-hybridized carbons (Fsp3) is 0.423. The van der Waals surface area contributed by atoms with Crippen LogP contribution in [0.25, 0.3) is 10.7 Å².